The molecule has 0 radical (unpaired) electrons. The lowest BCUT2D eigenvalue weighted by Crippen LogP contribution is -2.22. The molecule has 0 heterocycles. The first-order valence-corrected chi connectivity index (χ1v) is 3.99. The van der Waals surface area contributed by atoms with Crippen molar-refractivity contribution in [3.8, 4) is 0 Å². The molecule has 0 aliphatic rings. The predicted octanol–water partition coefficient (Wildman–Crippen LogP) is 1.65. The summed E-state index contributed by atoms with van der Waals surface area (Å²) in [5.74, 6) is -0.935. The number of carboxylic acid groups (broad SMARTS) is 1. The van der Waals surface area contributed by atoms with E-state index in [0.717, 1.165) is 0 Å². The minimum absolute atomic E-state index is 0.627. The molecule has 0 aromatic rings. The van der Waals surface area contributed by atoms with Crippen LogP contribution in [0.25, 0.3) is 0 Å². The van der Waals surface area contributed by atoms with Gasteiger partial charge in [-0.25, -0.2) is 4.79 Å². The fourth-order valence-electron chi connectivity index (χ4n) is 0.944. The number of aliphatic carboxylic acids is 1. The zero-order valence-electron chi connectivity index (χ0n) is 7.86. The summed E-state index contributed by atoms with van der Waals surface area (Å²) in [6.45, 7) is 10.2. The first kappa shape index (κ1) is 11.5. The fourth-order valence-corrected chi connectivity index (χ4v) is 0.944. The first-order chi connectivity index (χ1) is 6.11. The lowest BCUT2D eigenvalue weighted by atomic mass is 10.3. The minimum atomic E-state index is -0.935. The van der Waals surface area contributed by atoms with Crippen molar-refractivity contribution in [2.45, 2.75) is 6.92 Å². The lowest BCUT2D eigenvalue weighted by Gasteiger charge is -2.21. The second kappa shape index (κ2) is 6.06. The molecule has 0 saturated heterocycles. The molecule has 3 heteroatoms. The van der Waals surface area contributed by atoms with Crippen molar-refractivity contribution in [3.63, 3.8) is 0 Å². The third-order valence-electron chi connectivity index (χ3n) is 1.53. The van der Waals surface area contributed by atoms with Crippen molar-refractivity contribution in [2.75, 3.05) is 13.1 Å². The number of carbonyl (C=O) groups is 1. The Balaban J connectivity index is 4.42. The van der Waals surface area contributed by atoms with E-state index >= 15 is 0 Å². The summed E-state index contributed by atoms with van der Waals surface area (Å²) in [5, 5.41) is 8.51. The smallest absolute Gasteiger partial charge is 0.330 e. The van der Waals surface area contributed by atoms with Crippen molar-refractivity contribution < 1.29 is 9.90 Å². The molecule has 1 N–H and O–H groups in total. The third-order valence-corrected chi connectivity index (χ3v) is 1.53. The molecule has 0 amide bonds. The maximum Gasteiger partial charge on any atom is 0.330 e. The molecular weight excluding hydrogens is 166 g/mol. The Hall–Kier alpha value is -1.51. The highest BCUT2D eigenvalue weighted by atomic mass is 16.4. The van der Waals surface area contributed by atoms with E-state index < -0.39 is 5.97 Å². The van der Waals surface area contributed by atoms with E-state index in [1.165, 1.54) is 6.08 Å². The molecule has 0 aromatic carbocycles. The number of hydrogen-bond donors (Lipinski definition) is 1. The molecule has 0 aliphatic heterocycles. The van der Waals surface area contributed by atoms with Gasteiger partial charge >= 0.3 is 5.97 Å². The van der Waals surface area contributed by atoms with E-state index in [1.807, 2.05) is 4.90 Å². The van der Waals surface area contributed by atoms with Crippen LogP contribution >= 0.6 is 0 Å². The normalized spacial score (nSPS) is 10.7. The summed E-state index contributed by atoms with van der Waals surface area (Å²) in [4.78, 5) is 12.2. The van der Waals surface area contributed by atoms with E-state index in [4.69, 9.17) is 5.11 Å². The van der Waals surface area contributed by atoms with Crippen LogP contribution in [0.1, 0.15) is 6.92 Å². The highest BCUT2D eigenvalue weighted by Gasteiger charge is 2.02. The monoisotopic (exact) mass is 181 g/mol. The Morgan fingerprint density at radius 2 is 1.85 bits per heavy atom. The maximum atomic E-state index is 10.4. The molecule has 0 fully saturated rings. The van der Waals surface area contributed by atoms with Crippen LogP contribution in [0, 0.1) is 0 Å². The van der Waals surface area contributed by atoms with Gasteiger partial charge in [-0.05, 0) is 6.92 Å². The standard InChI is InChI=1S/C10H15NO2/c1-4-6-11(7-5-2)9(3)8-10(12)13/h4-5,8H,1-2,6-7H2,3H3,(H,12,13)/b9-8-. The molecule has 0 aliphatic carbocycles. The Morgan fingerprint density at radius 3 is 2.15 bits per heavy atom. The molecule has 0 atom stereocenters. The Bertz CT molecular complexity index is 221. The summed E-state index contributed by atoms with van der Waals surface area (Å²) < 4.78 is 0. The van der Waals surface area contributed by atoms with E-state index in [1.54, 1.807) is 19.1 Å². The maximum absolute atomic E-state index is 10.4. The lowest BCUT2D eigenvalue weighted by molar-refractivity contribution is -0.131. The molecule has 0 aromatic heterocycles. The third kappa shape index (κ3) is 4.85. The molecule has 0 rings (SSSR count). The van der Waals surface area contributed by atoms with Crippen molar-refractivity contribution in [3.05, 3.63) is 37.1 Å². The Morgan fingerprint density at radius 1 is 1.38 bits per heavy atom. The van der Waals surface area contributed by atoms with Gasteiger partial charge in [0.05, 0.1) is 0 Å². The van der Waals surface area contributed by atoms with Gasteiger partial charge in [0.15, 0.2) is 0 Å². The topological polar surface area (TPSA) is 40.5 Å². The molecule has 0 saturated carbocycles. The van der Waals surface area contributed by atoms with Gasteiger partial charge in [0, 0.05) is 24.9 Å². The first-order valence-electron chi connectivity index (χ1n) is 3.99. The van der Waals surface area contributed by atoms with Gasteiger partial charge in [-0.15, -0.1) is 13.2 Å². The molecule has 13 heavy (non-hydrogen) atoms. The zero-order chi connectivity index (χ0) is 10.3. The van der Waals surface area contributed by atoms with Crippen molar-refractivity contribution >= 4 is 5.97 Å². The summed E-state index contributed by atoms with van der Waals surface area (Å²) in [5.41, 5.74) is 0.701. The number of carboxylic acids is 1. The predicted molar refractivity (Wildman–Crippen MR) is 53.4 cm³/mol. The average molecular weight is 181 g/mol. The Labute approximate surface area is 78.7 Å². The number of nitrogens with zero attached hydrogens (tertiary/aromatic N) is 1. The van der Waals surface area contributed by atoms with Gasteiger partial charge in [0.25, 0.3) is 0 Å². The van der Waals surface area contributed by atoms with E-state index in [2.05, 4.69) is 13.2 Å². The minimum Gasteiger partial charge on any atom is -0.478 e. The number of hydrogen-bond acceptors (Lipinski definition) is 2. The van der Waals surface area contributed by atoms with Crippen LogP contribution in [-0.2, 0) is 4.79 Å². The summed E-state index contributed by atoms with van der Waals surface area (Å²) in [6, 6.07) is 0. The van der Waals surface area contributed by atoms with E-state index in [0.29, 0.717) is 18.8 Å². The second-order valence-corrected chi connectivity index (χ2v) is 2.61. The van der Waals surface area contributed by atoms with Gasteiger partial charge in [0.1, 0.15) is 0 Å². The Kier molecular flexibility index (Phi) is 5.35. The van der Waals surface area contributed by atoms with Gasteiger partial charge in [-0.1, -0.05) is 12.2 Å². The van der Waals surface area contributed by atoms with Gasteiger partial charge in [0.2, 0.25) is 0 Å². The van der Waals surface area contributed by atoms with Crippen LogP contribution in [0.4, 0.5) is 0 Å². The SMILES string of the molecule is C=CCN(CC=C)/C(C)=C\C(=O)O. The van der Waals surface area contributed by atoms with Gasteiger partial charge in [-0.3, -0.25) is 0 Å². The van der Waals surface area contributed by atoms with Crippen LogP contribution in [-0.4, -0.2) is 29.1 Å². The second-order valence-electron chi connectivity index (χ2n) is 2.61. The summed E-state index contributed by atoms with van der Waals surface area (Å²) >= 11 is 0. The van der Waals surface area contributed by atoms with Crippen LogP contribution in [0.2, 0.25) is 0 Å². The molecule has 0 unspecified atom stereocenters. The van der Waals surface area contributed by atoms with Crippen LogP contribution in [0.15, 0.2) is 37.1 Å². The molecule has 3 nitrogen and oxygen atoms in total. The number of rotatable bonds is 6. The van der Waals surface area contributed by atoms with Crippen molar-refractivity contribution in [1.82, 2.24) is 4.90 Å². The fraction of sp³-hybridized carbons (Fsp3) is 0.300. The van der Waals surface area contributed by atoms with E-state index in [9.17, 15) is 4.79 Å². The molecule has 0 bridgehead atoms. The largest absolute Gasteiger partial charge is 0.478 e. The summed E-state index contributed by atoms with van der Waals surface area (Å²) in [6.07, 6.45) is 4.62. The van der Waals surface area contributed by atoms with Crippen LogP contribution in [0.5, 0.6) is 0 Å². The quantitative estimate of drug-likeness (QED) is 0.500. The van der Waals surface area contributed by atoms with Crippen LogP contribution < -0.4 is 0 Å². The number of allylic oxidation sites excluding steroid dienone is 1. The summed E-state index contributed by atoms with van der Waals surface area (Å²) in [7, 11) is 0. The van der Waals surface area contributed by atoms with Gasteiger partial charge < -0.3 is 10.0 Å². The van der Waals surface area contributed by atoms with Gasteiger partial charge in [-0.2, -0.15) is 0 Å². The molecular formula is C10H15NO2. The zero-order valence-corrected chi connectivity index (χ0v) is 7.86. The molecule has 72 valence electrons. The van der Waals surface area contributed by atoms with Crippen LogP contribution in [0.3, 0.4) is 0 Å². The highest BCUT2D eigenvalue weighted by Crippen LogP contribution is 2.02. The molecule has 0 spiro atoms. The highest BCUT2D eigenvalue weighted by molar-refractivity contribution is 5.80. The van der Waals surface area contributed by atoms with E-state index in [-0.39, 0.29) is 0 Å². The average Bonchev–Trinajstić information content (AvgIpc) is 2.02. The van der Waals surface area contributed by atoms with Crippen molar-refractivity contribution in [2.24, 2.45) is 0 Å². The van der Waals surface area contributed by atoms with Crippen molar-refractivity contribution in [1.29, 1.82) is 0 Å².